The highest BCUT2D eigenvalue weighted by Crippen LogP contribution is 2.25. The molecule has 0 unspecified atom stereocenters. The lowest BCUT2D eigenvalue weighted by Gasteiger charge is -2.08. The third-order valence-corrected chi connectivity index (χ3v) is 4.86. The first kappa shape index (κ1) is 14.4. The Kier molecular flexibility index (Phi) is 3.96. The number of carbonyl (C=O) groups is 1. The van der Waals surface area contributed by atoms with Gasteiger partial charge in [-0.25, -0.2) is 13.2 Å². The summed E-state index contributed by atoms with van der Waals surface area (Å²) in [4.78, 5) is 11.4. The van der Waals surface area contributed by atoms with Gasteiger partial charge < -0.3 is 9.84 Å². The zero-order valence-electron chi connectivity index (χ0n) is 10.4. The summed E-state index contributed by atoms with van der Waals surface area (Å²) in [6.07, 6.45) is 0. The summed E-state index contributed by atoms with van der Waals surface area (Å²) in [7, 11) is -2.70. The fourth-order valence-corrected chi connectivity index (χ4v) is 3.88. The summed E-state index contributed by atoms with van der Waals surface area (Å²) in [5, 5.41) is 10.6. The summed E-state index contributed by atoms with van der Waals surface area (Å²) in [6, 6.07) is 6.87. The number of rotatable bonds is 4. The maximum Gasteiger partial charge on any atom is 0.349 e. The van der Waals surface area contributed by atoms with Gasteiger partial charge in [-0.1, -0.05) is 0 Å². The molecule has 1 heterocycles. The zero-order valence-corrected chi connectivity index (χ0v) is 12.0. The van der Waals surface area contributed by atoms with Crippen LogP contribution in [0.15, 0.2) is 40.6 Å². The van der Waals surface area contributed by atoms with E-state index in [9.17, 15) is 13.2 Å². The topological polar surface area (TPSA) is 92.7 Å². The molecule has 1 aromatic heterocycles. The number of aromatic hydroxyl groups is 1. The fraction of sp³-hybridized carbons (Fsp3) is 0.0833. The van der Waals surface area contributed by atoms with Gasteiger partial charge in [0.05, 0.1) is 7.11 Å². The third-order valence-electron chi connectivity index (χ3n) is 2.41. The molecule has 2 N–H and O–H groups in total. The molecule has 2 aromatic rings. The van der Waals surface area contributed by atoms with Gasteiger partial charge in [-0.2, -0.15) is 0 Å². The normalized spacial score (nSPS) is 11.1. The van der Waals surface area contributed by atoms with Crippen LogP contribution in [0.5, 0.6) is 5.75 Å². The van der Waals surface area contributed by atoms with Gasteiger partial charge in [-0.15, -0.1) is 11.3 Å². The van der Waals surface area contributed by atoms with E-state index < -0.39 is 16.0 Å². The average Bonchev–Trinajstić information content (AvgIpc) is 2.90. The number of sulfonamides is 1. The minimum Gasteiger partial charge on any atom is -0.508 e. The second-order valence-corrected chi connectivity index (χ2v) is 6.32. The number of anilines is 1. The molecule has 0 atom stereocenters. The number of phenolic OH excluding ortho intramolecular Hbond substituents is 1. The number of ether oxygens (including phenoxy) is 1. The molecule has 0 fully saturated rings. The number of benzene rings is 1. The van der Waals surface area contributed by atoms with Gasteiger partial charge in [0.15, 0.2) is 0 Å². The van der Waals surface area contributed by atoms with E-state index in [-0.39, 0.29) is 21.2 Å². The predicted octanol–water partition coefficient (Wildman–Crippen LogP) is 2.04. The van der Waals surface area contributed by atoms with Crippen LogP contribution in [0.25, 0.3) is 0 Å². The Balaban J connectivity index is 2.34. The highest BCUT2D eigenvalue weighted by molar-refractivity contribution is 7.93. The Morgan fingerprint density at radius 3 is 2.50 bits per heavy atom. The fourth-order valence-electron chi connectivity index (χ4n) is 1.49. The van der Waals surface area contributed by atoms with Gasteiger partial charge in [0.1, 0.15) is 15.5 Å². The average molecular weight is 313 g/mol. The SMILES string of the molecule is COC(=O)c1sccc1S(=O)(=O)Nc1ccc(O)cc1. The Morgan fingerprint density at radius 2 is 1.90 bits per heavy atom. The van der Waals surface area contributed by atoms with E-state index in [1.54, 1.807) is 0 Å². The van der Waals surface area contributed by atoms with Crippen molar-refractivity contribution >= 4 is 33.0 Å². The quantitative estimate of drug-likeness (QED) is 0.665. The first-order valence-corrected chi connectivity index (χ1v) is 7.78. The van der Waals surface area contributed by atoms with Gasteiger partial charge in [-0.3, -0.25) is 4.72 Å². The molecule has 0 radical (unpaired) electrons. The van der Waals surface area contributed by atoms with Crippen molar-refractivity contribution in [2.45, 2.75) is 4.90 Å². The second kappa shape index (κ2) is 5.51. The van der Waals surface area contributed by atoms with Crippen molar-refractivity contribution in [3.63, 3.8) is 0 Å². The molecule has 0 saturated heterocycles. The van der Waals surface area contributed by atoms with Crippen molar-refractivity contribution in [3.8, 4) is 5.75 Å². The van der Waals surface area contributed by atoms with E-state index in [1.807, 2.05) is 0 Å². The number of carbonyl (C=O) groups excluding carboxylic acids is 1. The first-order valence-electron chi connectivity index (χ1n) is 5.41. The molecular weight excluding hydrogens is 302 g/mol. The molecule has 0 bridgehead atoms. The van der Waals surface area contributed by atoms with Crippen molar-refractivity contribution in [1.29, 1.82) is 0 Å². The highest BCUT2D eigenvalue weighted by atomic mass is 32.2. The summed E-state index contributed by atoms with van der Waals surface area (Å²) >= 11 is 0.988. The molecule has 0 aliphatic heterocycles. The summed E-state index contributed by atoms with van der Waals surface area (Å²) in [5.74, 6) is -0.676. The molecule has 0 saturated carbocycles. The molecule has 1 aromatic carbocycles. The Bertz CT molecular complexity index is 719. The van der Waals surface area contributed by atoms with E-state index in [4.69, 9.17) is 5.11 Å². The van der Waals surface area contributed by atoms with Crippen LogP contribution in [0.4, 0.5) is 5.69 Å². The molecule has 8 heteroatoms. The second-order valence-electron chi connectivity index (χ2n) is 3.76. The van der Waals surface area contributed by atoms with E-state index in [0.717, 1.165) is 11.3 Å². The summed E-state index contributed by atoms with van der Waals surface area (Å²) in [6.45, 7) is 0. The highest BCUT2D eigenvalue weighted by Gasteiger charge is 2.24. The predicted molar refractivity (Wildman–Crippen MR) is 74.6 cm³/mol. The molecule has 0 aliphatic carbocycles. The molecule has 106 valence electrons. The Hall–Kier alpha value is -2.06. The first-order chi connectivity index (χ1) is 9.44. The van der Waals surface area contributed by atoms with E-state index >= 15 is 0 Å². The van der Waals surface area contributed by atoms with Crippen molar-refractivity contribution < 1.29 is 23.1 Å². The number of thiophene rings is 1. The van der Waals surface area contributed by atoms with Crippen molar-refractivity contribution in [2.24, 2.45) is 0 Å². The Labute approximate surface area is 119 Å². The molecular formula is C12H11NO5S2. The van der Waals surface area contributed by atoms with Gasteiger partial charge in [-0.05, 0) is 35.7 Å². The van der Waals surface area contributed by atoms with E-state index in [0.29, 0.717) is 0 Å². The largest absolute Gasteiger partial charge is 0.508 e. The van der Waals surface area contributed by atoms with Crippen LogP contribution in [0.1, 0.15) is 9.67 Å². The van der Waals surface area contributed by atoms with Crippen LogP contribution in [0.3, 0.4) is 0 Å². The van der Waals surface area contributed by atoms with E-state index in [1.165, 1.54) is 42.8 Å². The molecule has 0 aliphatic rings. The lowest BCUT2D eigenvalue weighted by Crippen LogP contribution is -2.15. The smallest absolute Gasteiger partial charge is 0.349 e. The summed E-state index contributed by atoms with van der Waals surface area (Å²) < 4.78 is 31.3. The third kappa shape index (κ3) is 2.91. The number of esters is 1. The standard InChI is InChI=1S/C12H11NO5S2/c1-18-12(15)11-10(6-7-19-11)20(16,17)13-8-2-4-9(14)5-3-8/h2-7,13-14H,1H3. The van der Waals surface area contributed by atoms with Gasteiger partial charge in [0.2, 0.25) is 0 Å². The molecule has 6 nitrogen and oxygen atoms in total. The lowest BCUT2D eigenvalue weighted by molar-refractivity contribution is 0.0602. The van der Waals surface area contributed by atoms with Crippen molar-refractivity contribution in [1.82, 2.24) is 0 Å². The zero-order chi connectivity index (χ0) is 14.8. The Morgan fingerprint density at radius 1 is 1.25 bits per heavy atom. The van der Waals surface area contributed by atoms with Gasteiger partial charge in [0, 0.05) is 5.69 Å². The summed E-state index contributed by atoms with van der Waals surface area (Å²) in [5.41, 5.74) is 0.282. The molecule has 20 heavy (non-hydrogen) atoms. The molecule has 0 amide bonds. The number of nitrogens with one attached hydrogen (secondary N) is 1. The number of hydrogen-bond donors (Lipinski definition) is 2. The monoisotopic (exact) mass is 313 g/mol. The van der Waals surface area contributed by atoms with Crippen LogP contribution >= 0.6 is 11.3 Å². The molecule has 0 spiro atoms. The number of phenols is 1. The minimum atomic E-state index is -3.89. The van der Waals surface area contributed by atoms with Crippen molar-refractivity contribution in [2.75, 3.05) is 11.8 Å². The number of methoxy groups -OCH3 is 1. The lowest BCUT2D eigenvalue weighted by atomic mass is 10.3. The van der Waals surface area contributed by atoms with Crippen LogP contribution < -0.4 is 4.72 Å². The van der Waals surface area contributed by atoms with E-state index in [2.05, 4.69) is 9.46 Å². The van der Waals surface area contributed by atoms with Gasteiger partial charge >= 0.3 is 5.97 Å². The van der Waals surface area contributed by atoms with Crippen LogP contribution in [-0.4, -0.2) is 26.6 Å². The maximum atomic E-state index is 12.2. The van der Waals surface area contributed by atoms with Crippen LogP contribution in [0, 0.1) is 0 Å². The van der Waals surface area contributed by atoms with Crippen LogP contribution in [0.2, 0.25) is 0 Å². The van der Waals surface area contributed by atoms with Crippen LogP contribution in [-0.2, 0) is 14.8 Å². The minimum absolute atomic E-state index is 0.0128. The molecule has 2 rings (SSSR count). The number of hydrogen-bond acceptors (Lipinski definition) is 6. The maximum absolute atomic E-state index is 12.2. The van der Waals surface area contributed by atoms with Crippen molar-refractivity contribution in [3.05, 3.63) is 40.6 Å². The van der Waals surface area contributed by atoms with Gasteiger partial charge in [0.25, 0.3) is 10.0 Å².